The third kappa shape index (κ3) is 4.65. The van der Waals surface area contributed by atoms with E-state index >= 15 is 0 Å². The van der Waals surface area contributed by atoms with Crippen molar-refractivity contribution < 1.29 is 19.4 Å². The van der Waals surface area contributed by atoms with Crippen LogP contribution in [0.3, 0.4) is 0 Å². The number of hydrogen-bond acceptors (Lipinski definition) is 3. The first kappa shape index (κ1) is 13.2. The standard InChI is InChI=1S/C12H15NO4/c1-17-6-5-13-11(14)8-9-3-2-4-10(7-9)12(15)16/h2-4,7H,5-6,8H2,1H3,(H,13,14)(H,15,16). The van der Waals surface area contributed by atoms with E-state index in [0.717, 1.165) is 0 Å². The number of carbonyl (C=O) groups excluding carboxylic acids is 1. The van der Waals surface area contributed by atoms with Gasteiger partial charge in [0.15, 0.2) is 0 Å². The zero-order valence-corrected chi connectivity index (χ0v) is 9.60. The highest BCUT2D eigenvalue weighted by Crippen LogP contribution is 2.06. The third-order valence-corrected chi connectivity index (χ3v) is 2.17. The SMILES string of the molecule is COCCNC(=O)Cc1cccc(C(=O)O)c1. The van der Waals surface area contributed by atoms with Crippen molar-refractivity contribution in [2.45, 2.75) is 6.42 Å². The van der Waals surface area contributed by atoms with Gasteiger partial charge in [-0.05, 0) is 17.7 Å². The Morgan fingerprint density at radius 2 is 2.18 bits per heavy atom. The molecule has 0 saturated carbocycles. The van der Waals surface area contributed by atoms with Crippen LogP contribution in [0.25, 0.3) is 0 Å². The Balaban J connectivity index is 2.53. The van der Waals surface area contributed by atoms with Gasteiger partial charge in [0.05, 0.1) is 18.6 Å². The molecule has 0 atom stereocenters. The van der Waals surface area contributed by atoms with Crippen molar-refractivity contribution in [2.75, 3.05) is 20.3 Å². The summed E-state index contributed by atoms with van der Waals surface area (Å²) in [6, 6.07) is 6.34. The maximum atomic E-state index is 11.5. The van der Waals surface area contributed by atoms with Crippen molar-refractivity contribution >= 4 is 11.9 Å². The number of amides is 1. The molecule has 0 aromatic heterocycles. The van der Waals surface area contributed by atoms with Gasteiger partial charge in [-0.3, -0.25) is 4.79 Å². The number of rotatable bonds is 6. The van der Waals surface area contributed by atoms with Crippen LogP contribution >= 0.6 is 0 Å². The molecule has 0 radical (unpaired) electrons. The molecule has 0 fully saturated rings. The predicted molar refractivity (Wildman–Crippen MR) is 62.0 cm³/mol. The second kappa shape index (κ2) is 6.65. The Morgan fingerprint density at radius 3 is 2.82 bits per heavy atom. The molecule has 0 unspecified atom stereocenters. The number of ether oxygens (including phenoxy) is 1. The number of benzene rings is 1. The van der Waals surface area contributed by atoms with E-state index in [-0.39, 0.29) is 17.9 Å². The molecule has 1 aromatic rings. The van der Waals surface area contributed by atoms with Gasteiger partial charge in [0.2, 0.25) is 5.91 Å². The lowest BCUT2D eigenvalue weighted by molar-refractivity contribution is -0.120. The van der Waals surface area contributed by atoms with Crippen LogP contribution in [0.1, 0.15) is 15.9 Å². The van der Waals surface area contributed by atoms with Crippen molar-refractivity contribution in [3.63, 3.8) is 0 Å². The van der Waals surface area contributed by atoms with Gasteiger partial charge in [-0.25, -0.2) is 4.79 Å². The van der Waals surface area contributed by atoms with Crippen molar-refractivity contribution in [3.05, 3.63) is 35.4 Å². The number of carbonyl (C=O) groups is 2. The van der Waals surface area contributed by atoms with E-state index < -0.39 is 5.97 Å². The van der Waals surface area contributed by atoms with Gasteiger partial charge in [0, 0.05) is 13.7 Å². The predicted octanol–water partition coefficient (Wildman–Crippen LogP) is 0.690. The van der Waals surface area contributed by atoms with Crippen LogP contribution in [-0.4, -0.2) is 37.2 Å². The molecule has 1 aromatic carbocycles. The van der Waals surface area contributed by atoms with Crippen molar-refractivity contribution in [2.24, 2.45) is 0 Å². The number of methoxy groups -OCH3 is 1. The molecule has 17 heavy (non-hydrogen) atoms. The van der Waals surface area contributed by atoms with Crippen LogP contribution in [0.15, 0.2) is 24.3 Å². The minimum Gasteiger partial charge on any atom is -0.478 e. The second-order valence-electron chi connectivity index (χ2n) is 3.53. The second-order valence-corrected chi connectivity index (χ2v) is 3.53. The Bertz CT molecular complexity index is 403. The number of nitrogens with one attached hydrogen (secondary N) is 1. The molecule has 0 aliphatic rings. The Kier molecular flexibility index (Phi) is 5.16. The number of carboxylic acid groups (broad SMARTS) is 1. The van der Waals surface area contributed by atoms with E-state index in [4.69, 9.17) is 9.84 Å². The van der Waals surface area contributed by atoms with Crippen LogP contribution in [-0.2, 0) is 16.0 Å². The average molecular weight is 237 g/mol. The summed E-state index contributed by atoms with van der Waals surface area (Å²) < 4.78 is 4.80. The lowest BCUT2D eigenvalue weighted by Gasteiger charge is -2.05. The van der Waals surface area contributed by atoms with E-state index in [1.165, 1.54) is 12.1 Å². The first-order valence-electron chi connectivity index (χ1n) is 5.21. The smallest absolute Gasteiger partial charge is 0.335 e. The van der Waals surface area contributed by atoms with Gasteiger partial charge in [0.25, 0.3) is 0 Å². The highest BCUT2D eigenvalue weighted by Gasteiger charge is 2.06. The lowest BCUT2D eigenvalue weighted by Crippen LogP contribution is -2.28. The first-order valence-corrected chi connectivity index (χ1v) is 5.21. The molecule has 1 amide bonds. The number of carboxylic acids is 1. The van der Waals surface area contributed by atoms with Crippen molar-refractivity contribution in [3.8, 4) is 0 Å². The van der Waals surface area contributed by atoms with Crippen LogP contribution in [0.2, 0.25) is 0 Å². The summed E-state index contributed by atoms with van der Waals surface area (Å²) in [6.07, 6.45) is 0.171. The Labute approximate surface area is 99.4 Å². The fourth-order valence-electron chi connectivity index (χ4n) is 1.35. The van der Waals surface area contributed by atoms with Gasteiger partial charge in [-0.15, -0.1) is 0 Å². The topological polar surface area (TPSA) is 75.6 Å². The van der Waals surface area contributed by atoms with Crippen molar-refractivity contribution in [1.29, 1.82) is 0 Å². The molecule has 0 bridgehead atoms. The molecule has 0 spiro atoms. The molecule has 2 N–H and O–H groups in total. The third-order valence-electron chi connectivity index (χ3n) is 2.17. The molecule has 1 rings (SSSR count). The maximum Gasteiger partial charge on any atom is 0.335 e. The van der Waals surface area contributed by atoms with E-state index in [1.54, 1.807) is 19.2 Å². The summed E-state index contributed by atoms with van der Waals surface area (Å²) in [5.41, 5.74) is 0.868. The molecule has 5 heteroatoms. The monoisotopic (exact) mass is 237 g/mol. The summed E-state index contributed by atoms with van der Waals surface area (Å²) in [6.45, 7) is 0.912. The van der Waals surface area contributed by atoms with Crippen LogP contribution in [0, 0.1) is 0 Å². The quantitative estimate of drug-likeness (QED) is 0.714. The first-order chi connectivity index (χ1) is 8.13. The molecule has 0 aliphatic heterocycles. The normalized spacial score (nSPS) is 9.94. The minimum absolute atomic E-state index is 0.149. The Morgan fingerprint density at radius 1 is 1.41 bits per heavy atom. The van der Waals surface area contributed by atoms with E-state index in [1.807, 2.05) is 0 Å². The van der Waals surface area contributed by atoms with Crippen LogP contribution in [0.4, 0.5) is 0 Å². The molecule has 92 valence electrons. The fourth-order valence-corrected chi connectivity index (χ4v) is 1.35. The van der Waals surface area contributed by atoms with Gasteiger partial charge >= 0.3 is 5.97 Å². The molecular formula is C12H15NO4. The molecular weight excluding hydrogens is 222 g/mol. The number of hydrogen-bond donors (Lipinski definition) is 2. The van der Waals surface area contributed by atoms with Crippen molar-refractivity contribution in [1.82, 2.24) is 5.32 Å². The van der Waals surface area contributed by atoms with Gasteiger partial charge in [-0.1, -0.05) is 12.1 Å². The highest BCUT2D eigenvalue weighted by atomic mass is 16.5. The van der Waals surface area contributed by atoms with Crippen LogP contribution < -0.4 is 5.32 Å². The zero-order valence-electron chi connectivity index (χ0n) is 9.60. The number of aromatic carboxylic acids is 1. The molecule has 0 saturated heterocycles. The fraction of sp³-hybridized carbons (Fsp3) is 0.333. The summed E-state index contributed by atoms with van der Waals surface area (Å²) in [7, 11) is 1.56. The van der Waals surface area contributed by atoms with Gasteiger partial charge in [-0.2, -0.15) is 0 Å². The maximum absolute atomic E-state index is 11.5. The summed E-state index contributed by atoms with van der Waals surface area (Å²) in [5.74, 6) is -1.14. The summed E-state index contributed by atoms with van der Waals surface area (Å²) >= 11 is 0. The summed E-state index contributed by atoms with van der Waals surface area (Å²) in [4.78, 5) is 22.2. The zero-order chi connectivity index (χ0) is 12.7. The van der Waals surface area contributed by atoms with E-state index in [2.05, 4.69) is 5.32 Å². The largest absolute Gasteiger partial charge is 0.478 e. The van der Waals surface area contributed by atoms with E-state index in [0.29, 0.717) is 18.7 Å². The molecule has 5 nitrogen and oxygen atoms in total. The average Bonchev–Trinajstić information content (AvgIpc) is 2.29. The molecule has 0 aliphatic carbocycles. The highest BCUT2D eigenvalue weighted by molar-refractivity contribution is 5.88. The minimum atomic E-state index is -0.994. The van der Waals surface area contributed by atoms with Crippen LogP contribution in [0.5, 0.6) is 0 Å². The lowest BCUT2D eigenvalue weighted by atomic mass is 10.1. The van der Waals surface area contributed by atoms with Gasteiger partial charge < -0.3 is 15.2 Å². The Hall–Kier alpha value is -1.88. The summed E-state index contributed by atoms with van der Waals surface area (Å²) in [5, 5.41) is 11.5. The van der Waals surface area contributed by atoms with E-state index in [9.17, 15) is 9.59 Å². The molecule has 0 heterocycles. The van der Waals surface area contributed by atoms with Gasteiger partial charge in [0.1, 0.15) is 0 Å².